The Labute approximate surface area is 94.1 Å². The van der Waals surface area contributed by atoms with Crippen molar-refractivity contribution < 1.29 is 4.79 Å². The third-order valence-electron chi connectivity index (χ3n) is 2.39. The largest absolute Gasteiger partial charge is 0.347 e. The van der Waals surface area contributed by atoms with Crippen LogP contribution in [0.4, 0.5) is 0 Å². The quantitative estimate of drug-likeness (QED) is 0.676. The lowest BCUT2D eigenvalue weighted by Gasteiger charge is -2.20. The van der Waals surface area contributed by atoms with Crippen molar-refractivity contribution in [1.82, 2.24) is 10.3 Å². The fraction of sp³-hybridized carbons (Fsp3) is 0.455. The van der Waals surface area contributed by atoms with Crippen LogP contribution in [0.2, 0.25) is 0 Å². The van der Waals surface area contributed by atoms with Gasteiger partial charge in [0, 0.05) is 18.7 Å². The maximum Gasteiger partial charge on any atom is 0.268 e. The van der Waals surface area contributed by atoms with Gasteiger partial charge in [0.1, 0.15) is 5.69 Å². The van der Waals surface area contributed by atoms with Gasteiger partial charge in [0.05, 0.1) is 0 Å². The van der Waals surface area contributed by atoms with Crippen LogP contribution in [-0.4, -0.2) is 23.5 Å². The first-order chi connectivity index (χ1) is 7.54. The molecule has 1 unspecified atom stereocenters. The molecule has 0 aliphatic rings. The molecule has 1 heterocycles. The van der Waals surface area contributed by atoms with E-state index in [1.807, 2.05) is 13.8 Å². The summed E-state index contributed by atoms with van der Waals surface area (Å²) in [5, 5.41) is 2.78. The molecule has 0 saturated carbocycles. The summed E-state index contributed by atoms with van der Waals surface area (Å²) < 4.78 is 0. The number of nitrogens with two attached hydrogens (primary N) is 1. The van der Waals surface area contributed by atoms with Crippen LogP contribution in [0.25, 0.3) is 0 Å². The second-order valence-corrected chi connectivity index (χ2v) is 3.99. The number of pyridine rings is 1. The highest BCUT2D eigenvalue weighted by Crippen LogP contribution is 2.01. The Hall–Kier alpha value is -1.62. The van der Waals surface area contributed by atoms with Crippen LogP contribution in [0, 0.1) is 5.92 Å². The zero-order valence-corrected chi connectivity index (χ0v) is 9.49. The molecular weight excluding hydrogens is 206 g/mol. The zero-order valence-electron chi connectivity index (χ0n) is 9.49. The summed E-state index contributed by atoms with van der Waals surface area (Å²) >= 11 is 0. The van der Waals surface area contributed by atoms with E-state index in [1.165, 1.54) is 6.07 Å². The Morgan fingerprint density at radius 3 is 2.69 bits per heavy atom. The van der Waals surface area contributed by atoms with Crippen molar-refractivity contribution in [2.75, 3.05) is 6.54 Å². The average Bonchev–Trinajstić information content (AvgIpc) is 2.25. The highest BCUT2D eigenvalue weighted by Gasteiger charge is 2.15. The first-order valence-electron chi connectivity index (χ1n) is 5.25. The Bertz CT molecular complexity index is 412. The number of carbonyl (C=O) groups excluding carboxylic acids is 1. The number of rotatable bonds is 4. The van der Waals surface area contributed by atoms with Crippen molar-refractivity contribution in [2.24, 2.45) is 11.7 Å². The molecular formula is C11H17N3O2. The van der Waals surface area contributed by atoms with Crippen LogP contribution in [0.1, 0.15) is 24.3 Å². The lowest BCUT2D eigenvalue weighted by atomic mass is 10.0. The molecule has 4 N–H and O–H groups in total. The Morgan fingerprint density at radius 2 is 2.19 bits per heavy atom. The summed E-state index contributed by atoms with van der Waals surface area (Å²) in [5.41, 5.74) is 5.51. The second-order valence-electron chi connectivity index (χ2n) is 3.99. The first kappa shape index (κ1) is 12.4. The molecule has 16 heavy (non-hydrogen) atoms. The van der Waals surface area contributed by atoms with Crippen LogP contribution in [-0.2, 0) is 0 Å². The monoisotopic (exact) mass is 223 g/mol. The molecule has 5 nitrogen and oxygen atoms in total. The summed E-state index contributed by atoms with van der Waals surface area (Å²) in [6, 6.07) is 4.38. The maximum atomic E-state index is 11.7. The molecule has 1 aromatic rings. The van der Waals surface area contributed by atoms with Crippen LogP contribution < -0.4 is 16.6 Å². The van der Waals surface area contributed by atoms with Crippen LogP contribution >= 0.6 is 0 Å². The molecule has 5 heteroatoms. The minimum atomic E-state index is -0.304. The molecule has 1 aromatic heterocycles. The molecule has 0 aliphatic heterocycles. The summed E-state index contributed by atoms with van der Waals surface area (Å²) in [4.78, 5) is 25.2. The van der Waals surface area contributed by atoms with Gasteiger partial charge in [-0.1, -0.05) is 19.9 Å². The van der Waals surface area contributed by atoms with E-state index in [0.29, 0.717) is 6.54 Å². The van der Waals surface area contributed by atoms with E-state index in [2.05, 4.69) is 10.3 Å². The number of amides is 1. The summed E-state index contributed by atoms with van der Waals surface area (Å²) in [6.07, 6.45) is 0. The highest BCUT2D eigenvalue weighted by molar-refractivity contribution is 5.92. The van der Waals surface area contributed by atoms with E-state index in [-0.39, 0.29) is 29.1 Å². The van der Waals surface area contributed by atoms with Gasteiger partial charge in [-0.15, -0.1) is 0 Å². The van der Waals surface area contributed by atoms with Crippen molar-refractivity contribution in [1.29, 1.82) is 0 Å². The standard InChI is InChI=1S/C11H17N3O2/c1-7(2)9(6-12)14-11(16)8-4-3-5-10(15)13-8/h3-5,7,9H,6,12H2,1-2H3,(H,13,15)(H,14,16). The molecule has 0 fully saturated rings. The van der Waals surface area contributed by atoms with Gasteiger partial charge in [0.2, 0.25) is 5.56 Å². The van der Waals surface area contributed by atoms with E-state index >= 15 is 0 Å². The molecule has 0 saturated heterocycles. The van der Waals surface area contributed by atoms with Gasteiger partial charge in [-0.3, -0.25) is 9.59 Å². The third kappa shape index (κ3) is 3.20. The molecule has 88 valence electrons. The predicted octanol–water partition coefficient (Wildman–Crippen LogP) is 0.0880. The number of hydrogen-bond acceptors (Lipinski definition) is 3. The normalized spacial score (nSPS) is 12.5. The van der Waals surface area contributed by atoms with E-state index < -0.39 is 0 Å². The smallest absolute Gasteiger partial charge is 0.268 e. The van der Waals surface area contributed by atoms with Crippen molar-refractivity contribution in [3.8, 4) is 0 Å². The Morgan fingerprint density at radius 1 is 1.50 bits per heavy atom. The van der Waals surface area contributed by atoms with Crippen LogP contribution in [0.3, 0.4) is 0 Å². The SMILES string of the molecule is CC(C)C(CN)NC(=O)c1cccc(=O)[nH]1. The van der Waals surface area contributed by atoms with Crippen molar-refractivity contribution >= 4 is 5.91 Å². The Kier molecular flexibility index (Phi) is 4.25. The highest BCUT2D eigenvalue weighted by atomic mass is 16.2. The van der Waals surface area contributed by atoms with E-state index in [4.69, 9.17) is 5.73 Å². The molecule has 0 aliphatic carbocycles. The minimum Gasteiger partial charge on any atom is -0.347 e. The number of nitrogens with one attached hydrogen (secondary N) is 2. The fourth-order valence-electron chi connectivity index (χ4n) is 1.32. The van der Waals surface area contributed by atoms with Crippen LogP contribution in [0.5, 0.6) is 0 Å². The summed E-state index contributed by atoms with van der Waals surface area (Å²) in [7, 11) is 0. The number of H-pyrrole nitrogens is 1. The molecule has 1 atom stereocenters. The van der Waals surface area contributed by atoms with Gasteiger partial charge >= 0.3 is 0 Å². The molecule has 0 spiro atoms. The predicted molar refractivity (Wildman–Crippen MR) is 62.2 cm³/mol. The van der Waals surface area contributed by atoms with Crippen molar-refractivity contribution in [2.45, 2.75) is 19.9 Å². The molecule has 0 aromatic carbocycles. The molecule has 1 rings (SSSR count). The van der Waals surface area contributed by atoms with Gasteiger partial charge < -0.3 is 16.0 Å². The fourth-order valence-corrected chi connectivity index (χ4v) is 1.32. The summed E-state index contributed by atoms with van der Waals surface area (Å²) in [5.74, 6) is -0.0498. The molecule has 1 amide bonds. The Balaban J connectivity index is 2.75. The lowest BCUT2D eigenvalue weighted by Crippen LogP contribution is -2.44. The molecule has 0 bridgehead atoms. The lowest BCUT2D eigenvalue weighted by molar-refractivity contribution is 0.0922. The van der Waals surface area contributed by atoms with Gasteiger partial charge in [0.15, 0.2) is 0 Å². The summed E-state index contributed by atoms with van der Waals surface area (Å²) in [6.45, 7) is 4.33. The number of carbonyl (C=O) groups is 1. The number of aromatic amines is 1. The first-order valence-corrected chi connectivity index (χ1v) is 5.25. The van der Waals surface area contributed by atoms with E-state index in [1.54, 1.807) is 12.1 Å². The van der Waals surface area contributed by atoms with E-state index in [9.17, 15) is 9.59 Å². The van der Waals surface area contributed by atoms with Gasteiger partial charge in [-0.2, -0.15) is 0 Å². The maximum absolute atomic E-state index is 11.7. The molecule has 0 radical (unpaired) electrons. The van der Waals surface area contributed by atoms with Crippen molar-refractivity contribution in [3.63, 3.8) is 0 Å². The number of aromatic nitrogens is 1. The number of hydrogen-bond donors (Lipinski definition) is 3. The van der Waals surface area contributed by atoms with Gasteiger partial charge in [-0.05, 0) is 12.0 Å². The van der Waals surface area contributed by atoms with Crippen molar-refractivity contribution in [3.05, 3.63) is 34.2 Å². The van der Waals surface area contributed by atoms with Gasteiger partial charge in [-0.25, -0.2) is 0 Å². The zero-order chi connectivity index (χ0) is 12.1. The minimum absolute atomic E-state index is 0.0868. The topological polar surface area (TPSA) is 88.0 Å². The van der Waals surface area contributed by atoms with Crippen LogP contribution in [0.15, 0.2) is 23.0 Å². The third-order valence-corrected chi connectivity index (χ3v) is 2.39. The van der Waals surface area contributed by atoms with E-state index in [0.717, 1.165) is 0 Å². The average molecular weight is 223 g/mol. The second kappa shape index (κ2) is 5.46. The van der Waals surface area contributed by atoms with Gasteiger partial charge in [0.25, 0.3) is 5.91 Å².